The first-order valence-corrected chi connectivity index (χ1v) is 6.38. The molecular weight excluding hydrogens is 186 g/mol. The minimum Gasteiger partial charge on any atom is -0.371 e. The molecule has 0 aromatic carbocycles. The largest absolute Gasteiger partial charge is 0.371 e. The smallest absolute Gasteiger partial charge is 0.0735 e. The summed E-state index contributed by atoms with van der Waals surface area (Å²) >= 11 is 0. The molecule has 2 atom stereocenters. The summed E-state index contributed by atoms with van der Waals surface area (Å²) in [7, 11) is 2.06. The number of ether oxygens (including phenoxy) is 1. The SMILES string of the molecule is CNC1CCCCCCC1OC(C)(C)C. The second kappa shape index (κ2) is 5.86. The van der Waals surface area contributed by atoms with Crippen LogP contribution in [-0.4, -0.2) is 24.8 Å². The Morgan fingerprint density at radius 3 is 2.13 bits per heavy atom. The summed E-state index contributed by atoms with van der Waals surface area (Å²) in [6, 6.07) is 0.546. The number of nitrogens with one attached hydrogen (secondary N) is 1. The number of hydrogen-bond acceptors (Lipinski definition) is 2. The van der Waals surface area contributed by atoms with Gasteiger partial charge in [-0.15, -0.1) is 0 Å². The van der Waals surface area contributed by atoms with Crippen LogP contribution in [0, 0.1) is 0 Å². The van der Waals surface area contributed by atoms with Crippen LogP contribution in [0.15, 0.2) is 0 Å². The predicted octanol–water partition coefficient (Wildman–Crippen LogP) is 3.11. The molecule has 0 heterocycles. The third-order valence-electron chi connectivity index (χ3n) is 3.08. The lowest BCUT2D eigenvalue weighted by molar-refractivity contribution is -0.0809. The third kappa shape index (κ3) is 4.98. The molecule has 2 heteroatoms. The Kier molecular flexibility index (Phi) is 5.07. The standard InChI is InChI=1S/C13H27NO/c1-13(2,3)15-12-10-8-6-5-7-9-11(12)14-4/h11-12,14H,5-10H2,1-4H3. The molecule has 1 aliphatic carbocycles. The normalized spacial score (nSPS) is 29.6. The quantitative estimate of drug-likeness (QED) is 0.761. The second-order valence-corrected chi connectivity index (χ2v) is 5.66. The maximum atomic E-state index is 6.16. The van der Waals surface area contributed by atoms with Crippen LogP contribution in [0.3, 0.4) is 0 Å². The summed E-state index contributed by atoms with van der Waals surface area (Å²) in [6.07, 6.45) is 8.30. The Morgan fingerprint density at radius 1 is 1.00 bits per heavy atom. The fourth-order valence-electron chi connectivity index (χ4n) is 2.38. The molecular formula is C13H27NO. The molecule has 1 N–H and O–H groups in total. The second-order valence-electron chi connectivity index (χ2n) is 5.66. The molecule has 0 amide bonds. The lowest BCUT2D eigenvalue weighted by Crippen LogP contribution is -2.43. The van der Waals surface area contributed by atoms with Gasteiger partial charge in [0, 0.05) is 6.04 Å². The van der Waals surface area contributed by atoms with Gasteiger partial charge in [-0.25, -0.2) is 0 Å². The van der Waals surface area contributed by atoms with E-state index in [0.29, 0.717) is 12.1 Å². The van der Waals surface area contributed by atoms with Crippen molar-refractivity contribution in [3.63, 3.8) is 0 Å². The molecule has 1 saturated carbocycles. The van der Waals surface area contributed by atoms with Crippen LogP contribution >= 0.6 is 0 Å². The Balaban J connectivity index is 2.53. The van der Waals surface area contributed by atoms with Crippen molar-refractivity contribution in [2.24, 2.45) is 0 Å². The van der Waals surface area contributed by atoms with E-state index in [-0.39, 0.29) is 5.60 Å². The highest BCUT2D eigenvalue weighted by atomic mass is 16.5. The Morgan fingerprint density at radius 2 is 1.60 bits per heavy atom. The van der Waals surface area contributed by atoms with Gasteiger partial charge >= 0.3 is 0 Å². The lowest BCUT2D eigenvalue weighted by Gasteiger charge is -2.34. The zero-order valence-corrected chi connectivity index (χ0v) is 10.8. The molecule has 0 spiro atoms. The summed E-state index contributed by atoms with van der Waals surface area (Å²) in [5, 5.41) is 3.42. The summed E-state index contributed by atoms with van der Waals surface area (Å²) < 4.78 is 6.16. The number of hydrogen-bond donors (Lipinski definition) is 1. The van der Waals surface area contributed by atoms with Gasteiger partial charge in [-0.1, -0.05) is 25.7 Å². The average Bonchev–Trinajstić information content (AvgIpc) is 2.08. The van der Waals surface area contributed by atoms with E-state index in [9.17, 15) is 0 Å². The highest BCUT2D eigenvalue weighted by Crippen LogP contribution is 2.23. The van der Waals surface area contributed by atoms with Gasteiger partial charge in [0.15, 0.2) is 0 Å². The lowest BCUT2D eigenvalue weighted by atomic mass is 9.93. The molecule has 0 aliphatic heterocycles. The van der Waals surface area contributed by atoms with Crippen molar-refractivity contribution < 1.29 is 4.74 Å². The molecule has 0 aromatic heterocycles. The van der Waals surface area contributed by atoms with Gasteiger partial charge < -0.3 is 10.1 Å². The predicted molar refractivity (Wildman–Crippen MR) is 65.2 cm³/mol. The molecule has 0 saturated heterocycles. The van der Waals surface area contributed by atoms with E-state index in [0.717, 1.165) is 0 Å². The van der Waals surface area contributed by atoms with Crippen molar-refractivity contribution in [2.45, 2.75) is 77.0 Å². The van der Waals surface area contributed by atoms with Crippen LogP contribution in [-0.2, 0) is 4.74 Å². The summed E-state index contributed by atoms with van der Waals surface area (Å²) in [4.78, 5) is 0. The molecule has 2 nitrogen and oxygen atoms in total. The summed E-state index contributed by atoms with van der Waals surface area (Å²) in [6.45, 7) is 6.45. The van der Waals surface area contributed by atoms with Crippen molar-refractivity contribution in [1.29, 1.82) is 0 Å². The van der Waals surface area contributed by atoms with Gasteiger partial charge in [0.2, 0.25) is 0 Å². The van der Waals surface area contributed by atoms with Gasteiger partial charge in [-0.05, 0) is 40.7 Å². The molecule has 2 unspecified atom stereocenters. The van der Waals surface area contributed by atoms with Crippen molar-refractivity contribution in [2.75, 3.05) is 7.05 Å². The Hall–Kier alpha value is -0.0800. The minimum absolute atomic E-state index is 0.0149. The first kappa shape index (κ1) is 13.0. The van der Waals surface area contributed by atoms with E-state index in [4.69, 9.17) is 4.74 Å². The fraction of sp³-hybridized carbons (Fsp3) is 1.00. The summed E-state index contributed by atoms with van der Waals surface area (Å²) in [5.74, 6) is 0. The monoisotopic (exact) mass is 213 g/mol. The highest BCUT2D eigenvalue weighted by Gasteiger charge is 2.26. The Labute approximate surface area is 94.8 Å². The van der Waals surface area contributed by atoms with Crippen LogP contribution in [0.2, 0.25) is 0 Å². The van der Waals surface area contributed by atoms with E-state index in [1.54, 1.807) is 0 Å². The van der Waals surface area contributed by atoms with Crippen LogP contribution in [0.1, 0.15) is 59.3 Å². The maximum Gasteiger partial charge on any atom is 0.0735 e. The number of likely N-dealkylation sites (N-methyl/N-ethyl adjacent to an activating group) is 1. The molecule has 1 aliphatic rings. The molecule has 0 radical (unpaired) electrons. The molecule has 0 aromatic rings. The minimum atomic E-state index is -0.0149. The van der Waals surface area contributed by atoms with Gasteiger partial charge in [-0.2, -0.15) is 0 Å². The topological polar surface area (TPSA) is 21.3 Å². The summed E-state index contributed by atoms with van der Waals surface area (Å²) in [5.41, 5.74) is -0.0149. The van der Waals surface area contributed by atoms with E-state index < -0.39 is 0 Å². The van der Waals surface area contributed by atoms with Crippen LogP contribution < -0.4 is 5.32 Å². The van der Waals surface area contributed by atoms with E-state index in [1.807, 2.05) is 0 Å². The zero-order valence-electron chi connectivity index (χ0n) is 10.8. The van der Waals surface area contributed by atoms with Crippen molar-refractivity contribution in [3.05, 3.63) is 0 Å². The third-order valence-corrected chi connectivity index (χ3v) is 3.08. The number of rotatable bonds is 2. The molecule has 1 fully saturated rings. The van der Waals surface area contributed by atoms with Crippen LogP contribution in [0.25, 0.3) is 0 Å². The van der Waals surface area contributed by atoms with Crippen molar-refractivity contribution in [3.8, 4) is 0 Å². The van der Waals surface area contributed by atoms with Gasteiger partial charge in [-0.3, -0.25) is 0 Å². The molecule has 0 bridgehead atoms. The zero-order chi connectivity index (χ0) is 11.3. The van der Waals surface area contributed by atoms with E-state index >= 15 is 0 Å². The van der Waals surface area contributed by atoms with Gasteiger partial charge in [0.1, 0.15) is 0 Å². The average molecular weight is 213 g/mol. The van der Waals surface area contributed by atoms with E-state index in [2.05, 4.69) is 33.1 Å². The maximum absolute atomic E-state index is 6.16. The van der Waals surface area contributed by atoms with Crippen LogP contribution in [0.4, 0.5) is 0 Å². The first-order valence-electron chi connectivity index (χ1n) is 6.38. The van der Waals surface area contributed by atoms with Gasteiger partial charge in [0.25, 0.3) is 0 Å². The highest BCUT2D eigenvalue weighted by molar-refractivity contribution is 4.80. The molecule has 90 valence electrons. The van der Waals surface area contributed by atoms with Gasteiger partial charge in [0.05, 0.1) is 11.7 Å². The first-order chi connectivity index (χ1) is 7.03. The fourth-order valence-corrected chi connectivity index (χ4v) is 2.38. The molecule has 15 heavy (non-hydrogen) atoms. The van der Waals surface area contributed by atoms with Crippen molar-refractivity contribution in [1.82, 2.24) is 5.32 Å². The molecule has 1 rings (SSSR count). The Bertz CT molecular complexity index is 174. The van der Waals surface area contributed by atoms with Crippen LogP contribution in [0.5, 0.6) is 0 Å². The van der Waals surface area contributed by atoms with Crippen molar-refractivity contribution >= 4 is 0 Å². The van der Waals surface area contributed by atoms with E-state index in [1.165, 1.54) is 38.5 Å².